The SMILES string of the molecule is CC(=O)Nc1ccc(CC(=O)N(CC(=O)N(C)C)CC(F)(F)F)cc1. The highest BCUT2D eigenvalue weighted by Crippen LogP contribution is 2.18. The number of alkyl halides is 3. The van der Waals surface area contributed by atoms with Crippen molar-refractivity contribution in [3.8, 4) is 0 Å². The number of likely N-dealkylation sites (N-methyl/N-ethyl adjacent to an activating group) is 1. The second-order valence-corrected chi connectivity index (χ2v) is 5.71. The molecule has 0 saturated heterocycles. The summed E-state index contributed by atoms with van der Waals surface area (Å²) in [7, 11) is 2.80. The van der Waals surface area contributed by atoms with Gasteiger partial charge in [-0.2, -0.15) is 13.2 Å². The van der Waals surface area contributed by atoms with Crippen LogP contribution in [0.4, 0.5) is 18.9 Å². The van der Waals surface area contributed by atoms with E-state index in [2.05, 4.69) is 5.32 Å². The van der Waals surface area contributed by atoms with E-state index < -0.39 is 31.1 Å². The van der Waals surface area contributed by atoms with Crippen molar-refractivity contribution >= 4 is 23.4 Å². The van der Waals surface area contributed by atoms with Gasteiger partial charge in [-0.05, 0) is 17.7 Å². The maximum absolute atomic E-state index is 12.7. The minimum absolute atomic E-state index is 0.262. The summed E-state index contributed by atoms with van der Waals surface area (Å²) in [6.07, 6.45) is -4.88. The maximum Gasteiger partial charge on any atom is 0.406 e. The molecule has 0 atom stereocenters. The Morgan fingerprint density at radius 1 is 1.04 bits per heavy atom. The number of nitrogens with one attached hydrogen (secondary N) is 1. The fourth-order valence-electron chi connectivity index (χ4n) is 1.95. The van der Waals surface area contributed by atoms with Gasteiger partial charge in [-0.1, -0.05) is 12.1 Å². The second-order valence-electron chi connectivity index (χ2n) is 5.71. The Bertz CT molecular complexity index is 628. The Kier molecular flexibility index (Phi) is 6.96. The number of amides is 3. The van der Waals surface area contributed by atoms with E-state index in [1.54, 1.807) is 12.1 Å². The number of nitrogens with zero attached hydrogens (tertiary/aromatic N) is 2. The smallest absolute Gasteiger partial charge is 0.347 e. The van der Waals surface area contributed by atoms with E-state index in [1.165, 1.54) is 33.2 Å². The number of carbonyl (C=O) groups excluding carboxylic acids is 3. The third kappa shape index (κ3) is 7.69. The Balaban J connectivity index is 2.82. The summed E-state index contributed by atoms with van der Waals surface area (Å²) < 4.78 is 38.0. The number of halogens is 3. The number of hydrogen-bond acceptors (Lipinski definition) is 3. The summed E-state index contributed by atoms with van der Waals surface area (Å²) >= 11 is 0. The van der Waals surface area contributed by atoms with E-state index in [4.69, 9.17) is 0 Å². The molecular formula is C16H20F3N3O3. The summed E-state index contributed by atoms with van der Waals surface area (Å²) in [6.45, 7) is -0.793. The zero-order chi connectivity index (χ0) is 19.2. The molecule has 0 aliphatic rings. The van der Waals surface area contributed by atoms with Gasteiger partial charge in [-0.3, -0.25) is 14.4 Å². The molecule has 0 bridgehead atoms. The van der Waals surface area contributed by atoms with Gasteiger partial charge in [0.15, 0.2) is 0 Å². The molecule has 1 aromatic carbocycles. The van der Waals surface area contributed by atoms with E-state index >= 15 is 0 Å². The van der Waals surface area contributed by atoms with E-state index in [9.17, 15) is 27.6 Å². The third-order valence-electron chi connectivity index (χ3n) is 3.18. The van der Waals surface area contributed by atoms with Crippen LogP contribution in [0.3, 0.4) is 0 Å². The average Bonchev–Trinajstić information content (AvgIpc) is 2.46. The van der Waals surface area contributed by atoms with E-state index in [-0.39, 0.29) is 12.3 Å². The van der Waals surface area contributed by atoms with Crippen molar-refractivity contribution in [2.75, 3.05) is 32.5 Å². The number of anilines is 1. The predicted octanol–water partition coefficient (Wildman–Crippen LogP) is 1.67. The second kappa shape index (κ2) is 8.50. The molecule has 1 N–H and O–H groups in total. The molecule has 138 valence electrons. The number of carbonyl (C=O) groups is 3. The molecule has 0 aliphatic carbocycles. The molecule has 9 heteroatoms. The van der Waals surface area contributed by atoms with Gasteiger partial charge in [-0.25, -0.2) is 0 Å². The van der Waals surface area contributed by atoms with Crippen LogP contribution in [0.1, 0.15) is 12.5 Å². The molecule has 1 rings (SSSR count). The van der Waals surface area contributed by atoms with Crippen molar-refractivity contribution < 1.29 is 27.6 Å². The standard InChI is InChI=1S/C16H20F3N3O3/c1-11(23)20-13-6-4-12(5-7-13)8-14(24)22(10-16(17,18)19)9-15(25)21(2)3/h4-7H,8-10H2,1-3H3,(H,20,23). The lowest BCUT2D eigenvalue weighted by Gasteiger charge is -2.25. The minimum Gasteiger partial charge on any atom is -0.347 e. The Hall–Kier alpha value is -2.58. The summed E-state index contributed by atoms with van der Waals surface area (Å²) in [4.78, 5) is 36.4. The van der Waals surface area contributed by atoms with Gasteiger partial charge in [0.2, 0.25) is 17.7 Å². The number of hydrogen-bond donors (Lipinski definition) is 1. The van der Waals surface area contributed by atoms with Gasteiger partial charge in [0.05, 0.1) is 6.42 Å². The van der Waals surface area contributed by atoms with Gasteiger partial charge < -0.3 is 15.1 Å². The van der Waals surface area contributed by atoms with Crippen LogP contribution >= 0.6 is 0 Å². The fraction of sp³-hybridized carbons (Fsp3) is 0.438. The van der Waals surface area contributed by atoms with Crippen molar-refractivity contribution in [3.63, 3.8) is 0 Å². The van der Waals surface area contributed by atoms with Crippen LogP contribution in [0.5, 0.6) is 0 Å². The van der Waals surface area contributed by atoms with Crippen molar-refractivity contribution in [2.24, 2.45) is 0 Å². The van der Waals surface area contributed by atoms with Crippen molar-refractivity contribution in [1.29, 1.82) is 0 Å². The highest BCUT2D eigenvalue weighted by molar-refractivity contribution is 5.89. The van der Waals surface area contributed by atoms with Gasteiger partial charge in [-0.15, -0.1) is 0 Å². The molecule has 3 amide bonds. The minimum atomic E-state index is -4.60. The molecule has 6 nitrogen and oxygen atoms in total. The molecule has 0 unspecified atom stereocenters. The quantitative estimate of drug-likeness (QED) is 0.840. The predicted molar refractivity (Wildman–Crippen MR) is 85.8 cm³/mol. The van der Waals surface area contributed by atoms with Gasteiger partial charge in [0, 0.05) is 26.7 Å². The summed E-state index contributed by atoms with van der Waals surface area (Å²) in [5.74, 6) is -1.67. The molecule has 0 aliphatic heterocycles. The lowest BCUT2D eigenvalue weighted by Crippen LogP contribution is -2.45. The first-order chi connectivity index (χ1) is 11.5. The Labute approximate surface area is 143 Å². The van der Waals surface area contributed by atoms with Crippen LogP contribution in [-0.2, 0) is 20.8 Å². The van der Waals surface area contributed by atoms with Crippen LogP contribution in [0.25, 0.3) is 0 Å². The normalized spacial score (nSPS) is 11.0. The molecular weight excluding hydrogens is 339 g/mol. The lowest BCUT2D eigenvalue weighted by molar-refractivity contribution is -0.163. The molecule has 1 aromatic rings. The lowest BCUT2D eigenvalue weighted by atomic mass is 10.1. The average molecular weight is 359 g/mol. The molecule has 0 aromatic heterocycles. The molecule has 0 radical (unpaired) electrons. The topological polar surface area (TPSA) is 69.7 Å². The van der Waals surface area contributed by atoms with Crippen LogP contribution in [0, 0.1) is 0 Å². The highest BCUT2D eigenvalue weighted by atomic mass is 19.4. The van der Waals surface area contributed by atoms with Crippen molar-refractivity contribution in [2.45, 2.75) is 19.5 Å². The van der Waals surface area contributed by atoms with Gasteiger partial charge in [0.1, 0.15) is 13.1 Å². The first-order valence-corrected chi connectivity index (χ1v) is 7.39. The van der Waals surface area contributed by atoms with Gasteiger partial charge in [0.25, 0.3) is 0 Å². The highest BCUT2D eigenvalue weighted by Gasteiger charge is 2.34. The van der Waals surface area contributed by atoms with E-state index in [0.717, 1.165) is 4.90 Å². The van der Waals surface area contributed by atoms with Crippen molar-refractivity contribution in [3.05, 3.63) is 29.8 Å². The monoisotopic (exact) mass is 359 g/mol. The van der Waals surface area contributed by atoms with E-state index in [0.29, 0.717) is 16.2 Å². The largest absolute Gasteiger partial charge is 0.406 e. The first-order valence-electron chi connectivity index (χ1n) is 7.39. The van der Waals surface area contributed by atoms with Crippen molar-refractivity contribution in [1.82, 2.24) is 9.80 Å². The van der Waals surface area contributed by atoms with E-state index in [1.807, 2.05) is 0 Å². The Morgan fingerprint density at radius 3 is 2.04 bits per heavy atom. The fourth-order valence-corrected chi connectivity index (χ4v) is 1.95. The maximum atomic E-state index is 12.7. The Morgan fingerprint density at radius 2 is 1.60 bits per heavy atom. The molecule has 0 heterocycles. The zero-order valence-electron chi connectivity index (χ0n) is 14.2. The molecule has 25 heavy (non-hydrogen) atoms. The van der Waals surface area contributed by atoms with Crippen LogP contribution < -0.4 is 5.32 Å². The summed E-state index contributed by atoms with van der Waals surface area (Å²) in [5, 5.41) is 2.54. The number of rotatable bonds is 6. The first kappa shape index (κ1) is 20.5. The van der Waals surface area contributed by atoms with Crippen LogP contribution in [0.15, 0.2) is 24.3 Å². The third-order valence-corrected chi connectivity index (χ3v) is 3.18. The zero-order valence-corrected chi connectivity index (χ0v) is 14.2. The van der Waals surface area contributed by atoms with Crippen LogP contribution in [0.2, 0.25) is 0 Å². The van der Waals surface area contributed by atoms with Gasteiger partial charge >= 0.3 is 6.18 Å². The summed E-state index contributed by atoms with van der Waals surface area (Å²) in [6, 6.07) is 6.15. The molecule has 0 saturated carbocycles. The number of benzene rings is 1. The van der Waals surface area contributed by atoms with Crippen LogP contribution in [-0.4, -0.2) is 60.9 Å². The molecule has 0 fully saturated rings. The molecule has 0 spiro atoms. The summed E-state index contributed by atoms with van der Waals surface area (Å²) in [5.41, 5.74) is 0.988.